The SMILES string of the molecule is C[Si](C)(C)[Si](O)([Si](C)(C)C)[Si](C)(O)[Si](O)([Si](C)(C)C)[Si](C)(C)C. The summed E-state index contributed by atoms with van der Waals surface area (Å²) in [5.74, 6) is 0. The highest BCUT2D eigenvalue weighted by molar-refractivity contribution is 8.06. The summed E-state index contributed by atoms with van der Waals surface area (Å²) in [5.41, 5.74) is 0. The Kier molecular flexibility index (Phi) is 6.61. The molecule has 3 N–H and O–H groups in total. The quantitative estimate of drug-likeness (QED) is 0.553. The molecule has 0 unspecified atom stereocenters. The molecule has 0 amide bonds. The Morgan fingerprint density at radius 2 is 0.478 bits per heavy atom. The average Bonchev–Trinajstić information content (AvgIpc) is 2.19. The zero-order chi connectivity index (χ0) is 19.5. The smallest absolute Gasteiger partial charge is 0.210 e. The molecule has 3 nitrogen and oxygen atoms in total. The number of hydrogen-bond donors (Lipinski definition) is 3. The molecule has 0 spiro atoms. The maximum atomic E-state index is 12.3. The van der Waals surface area contributed by atoms with E-state index < -0.39 is 51.5 Å². The van der Waals surface area contributed by atoms with Crippen molar-refractivity contribution < 1.29 is 14.4 Å². The van der Waals surface area contributed by atoms with Crippen LogP contribution < -0.4 is 0 Å². The molecule has 0 heterocycles. The van der Waals surface area contributed by atoms with Crippen LogP contribution >= 0.6 is 0 Å². The lowest BCUT2D eigenvalue weighted by Gasteiger charge is -2.61. The third-order valence-corrected chi connectivity index (χ3v) is 139. The Morgan fingerprint density at radius 1 is 0.348 bits per heavy atom. The molecule has 0 aromatic carbocycles. The van der Waals surface area contributed by atoms with Crippen molar-refractivity contribution in [3.05, 3.63) is 0 Å². The van der Waals surface area contributed by atoms with Gasteiger partial charge >= 0.3 is 0 Å². The van der Waals surface area contributed by atoms with Crippen molar-refractivity contribution in [1.82, 2.24) is 0 Å². The number of rotatable bonds is 6. The van der Waals surface area contributed by atoms with Crippen LogP contribution in [-0.4, -0.2) is 65.8 Å². The van der Waals surface area contributed by atoms with Crippen LogP contribution in [0.1, 0.15) is 0 Å². The second-order valence-electron chi connectivity index (χ2n) is 11.5. The Hall–Kier alpha value is 1.40. The molecule has 0 saturated carbocycles. The van der Waals surface area contributed by atoms with Crippen molar-refractivity contribution in [1.29, 1.82) is 0 Å². The fraction of sp³-hybridized carbons (Fsp3) is 1.00. The summed E-state index contributed by atoms with van der Waals surface area (Å²) >= 11 is 0. The maximum absolute atomic E-state index is 12.3. The summed E-state index contributed by atoms with van der Waals surface area (Å²) in [7, 11) is -11.0. The Labute approximate surface area is 150 Å². The van der Waals surface area contributed by atoms with Gasteiger partial charge in [-0.1, -0.05) is 78.6 Å². The van der Waals surface area contributed by atoms with E-state index in [0.29, 0.717) is 0 Å². The normalized spacial score (nSPS) is 16.7. The van der Waals surface area contributed by atoms with Crippen LogP contribution in [0.2, 0.25) is 85.1 Å². The van der Waals surface area contributed by atoms with Crippen LogP contribution in [0.3, 0.4) is 0 Å². The van der Waals surface area contributed by atoms with Crippen molar-refractivity contribution in [3.63, 3.8) is 0 Å². The molecule has 140 valence electrons. The molecule has 0 radical (unpaired) electrons. The highest BCUT2D eigenvalue weighted by Crippen LogP contribution is 2.43. The summed E-state index contributed by atoms with van der Waals surface area (Å²) < 4.78 is 0. The first-order chi connectivity index (χ1) is 9.50. The van der Waals surface area contributed by atoms with Crippen LogP contribution in [-0.2, 0) is 0 Å². The van der Waals surface area contributed by atoms with E-state index in [1.807, 2.05) is 6.55 Å². The molecule has 0 aliphatic carbocycles. The van der Waals surface area contributed by atoms with Gasteiger partial charge in [-0.05, 0) is 6.55 Å². The molecule has 10 heteroatoms. The van der Waals surface area contributed by atoms with Gasteiger partial charge in [-0.3, -0.25) is 0 Å². The van der Waals surface area contributed by atoms with Crippen molar-refractivity contribution in [2.45, 2.75) is 85.1 Å². The third kappa shape index (κ3) is 3.49. The summed E-state index contributed by atoms with van der Waals surface area (Å²) in [5, 5.41) is 0. The maximum Gasteiger partial charge on any atom is 0.210 e. The van der Waals surface area contributed by atoms with Gasteiger partial charge in [0.15, 0.2) is 13.7 Å². The van der Waals surface area contributed by atoms with E-state index in [4.69, 9.17) is 0 Å². The van der Waals surface area contributed by atoms with Gasteiger partial charge in [-0.2, -0.15) is 0 Å². The highest BCUT2D eigenvalue weighted by atomic mass is 30.2. The van der Waals surface area contributed by atoms with Crippen molar-refractivity contribution in [3.8, 4) is 0 Å². The molecular weight excluding hydrogens is 401 g/mol. The molecule has 0 aromatic rings. The largest absolute Gasteiger partial charge is 0.438 e. The van der Waals surface area contributed by atoms with E-state index in [9.17, 15) is 14.4 Å². The highest BCUT2D eigenvalue weighted by Gasteiger charge is 2.78. The van der Waals surface area contributed by atoms with Crippen LogP contribution in [0.25, 0.3) is 0 Å². The van der Waals surface area contributed by atoms with Gasteiger partial charge in [-0.15, -0.1) is 0 Å². The van der Waals surface area contributed by atoms with Gasteiger partial charge in [0.25, 0.3) is 0 Å². The number of hydrogen-bond acceptors (Lipinski definition) is 3. The monoisotopic (exact) mass is 442 g/mol. The fourth-order valence-electron chi connectivity index (χ4n) is 5.43. The third-order valence-electron chi connectivity index (χ3n) is 5.75. The zero-order valence-corrected chi connectivity index (χ0v) is 24.8. The lowest BCUT2D eigenvalue weighted by Crippen LogP contribution is -2.99. The Bertz CT molecular complexity index is 370. The molecule has 0 bridgehead atoms. The summed E-state index contributed by atoms with van der Waals surface area (Å²) in [4.78, 5) is 36.7. The predicted molar refractivity (Wildman–Crippen MR) is 123 cm³/mol. The second kappa shape index (κ2) is 6.23. The van der Waals surface area contributed by atoms with Gasteiger partial charge in [0.2, 0.25) is 7.35 Å². The minimum absolute atomic E-state index is 1.96. The van der Waals surface area contributed by atoms with Crippen molar-refractivity contribution in [2.75, 3.05) is 0 Å². The molecular formula is C13H42O3Si7. The van der Waals surface area contributed by atoms with E-state index in [0.717, 1.165) is 0 Å². The first kappa shape index (κ1) is 24.4. The van der Waals surface area contributed by atoms with Crippen molar-refractivity contribution >= 4 is 51.5 Å². The molecule has 23 heavy (non-hydrogen) atoms. The molecule has 0 aromatic heterocycles. The van der Waals surface area contributed by atoms with Gasteiger partial charge in [0, 0.05) is 0 Å². The van der Waals surface area contributed by atoms with E-state index in [1.165, 1.54) is 0 Å². The van der Waals surface area contributed by atoms with E-state index >= 15 is 0 Å². The van der Waals surface area contributed by atoms with E-state index in [1.54, 1.807) is 0 Å². The van der Waals surface area contributed by atoms with Gasteiger partial charge in [0.1, 0.15) is 0 Å². The van der Waals surface area contributed by atoms with E-state index in [-0.39, 0.29) is 0 Å². The summed E-state index contributed by atoms with van der Waals surface area (Å²) in [6, 6.07) is 0. The first-order valence-electron chi connectivity index (χ1n) is 8.67. The van der Waals surface area contributed by atoms with Crippen LogP contribution in [0.15, 0.2) is 0 Å². The lowest BCUT2D eigenvalue weighted by molar-refractivity contribution is 0.523. The van der Waals surface area contributed by atoms with E-state index in [2.05, 4.69) is 78.6 Å². The minimum Gasteiger partial charge on any atom is -0.438 e. The lowest BCUT2D eigenvalue weighted by atomic mass is 11.8. The molecule has 0 saturated heterocycles. The second-order valence-corrected chi connectivity index (χ2v) is 81.8. The molecule has 0 atom stereocenters. The fourth-order valence-corrected chi connectivity index (χ4v) is 220. The summed E-state index contributed by atoms with van der Waals surface area (Å²) in [6.07, 6.45) is 0. The molecule has 0 fully saturated rings. The zero-order valence-electron chi connectivity index (χ0n) is 17.8. The van der Waals surface area contributed by atoms with Gasteiger partial charge in [-0.25, -0.2) is 0 Å². The molecule has 0 aliphatic heterocycles. The van der Waals surface area contributed by atoms with Crippen molar-refractivity contribution in [2.24, 2.45) is 0 Å². The van der Waals surface area contributed by atoms with Gasteiger partial charge in [0.05, 0.1) is 30.4 Å². The van der Waals surface area contributed by atoms with Crippen LogP contribution in [0, 0.1) is 0 Å². The minimum atomic E-state index is -3.12. The van der Waals surface area contributed by atoms with Gasteiger partial charge < -0.3 is 14.4 Å². The average molecular weight is 443 g/mol. The Balaban J connectivity index is 6.94. The Morgan fingerprint density at radius 3 is 0.565 bits per heavy atom. The summed E-state index contributed by atoms with van der Waals surface area (Å²) in [6.45, 7) is 23.1. The van der Waals surface area contributed by atoms with Crippen LogP contribution in [0.4, 0.5) is 0 Å². The topological polar surface area (TPSA) is 60.7 Å². The predicted octanol–water partition coefficient (Wildman–Crippen LogP) is 3.25. The van der Waals surface area contributed by atoms with Crippen LogP contribution in [0.5, 0.6) is 0 Å². The first-order valence-corrected chi connectivity index (χ1v) is 35.0. The molecule has 0 aliphatic rings. The standard InChI is InChI=1S/C13H42O3Si7/c1-17(2,3)22(15,18(4,5)6)21(13,14)23(16,19(7,8)9)20(10,11)12/h14-16H,1-13H3. The molecule has 0 rings (SSSR count).